The minimum atomic E-state index is -3.63. The van der Waals surface area contributed by atoms with Crippen LogP contribution in [0.1, 0.15) is 5.69 Å². The Kier molecular flexibility index (Phi) is 4.93. The number of thiazole rings is 1. The van der Waals surface area contributed by atoms with Gasteiger partial charge in [-0.25, -0.2) is 22.8 Å². The topological polar surface area (TPSA) is 86.1 Å². The van der Waals surface area contributed by atoms with Crippen molar-refractivity contribution in [2.45, 2.75) is 11.3 Å². The Morgan fingerprint density at radius 2 is 2.12 bits per heavy atom. The molecule has 0 atom stereocenters. The van der Waals surface area contributed by atoms with Gasteiger partial charge in [0.1, 0.15) is 10.6 Å². The fourth-order valence-electron chi connectivity index (χ4n) is 2.13. The summed E-state index contributed by atoms with van der Waals surface area (Å²) in [5.41, 5.74) is 0.813. The van der Waals surface area contributed by atoms with E-state index in [9.17, 15) is 8.42 Å². The highest BCUT2D eigenvalue weighted by atomic mass is 32.2. The molecule has 3 rings (SSSR count). The van der Waals surface area contributed by atoms with E-state index in [4.69, 9.17) is 4.74 Å². The van der Waals surface area contributed by atoms with Gasteiger partial charge in [-0.2, -0.15) is 5.10 Å². The van der Waals surface area contributed by atoms with Gasteiger partial charge in [-0.15, -0.1) is 11.3 Å². The highest BCUT2D eigenvalue weighted by molar-refractivity contribution is 7.89. The first-order chi connectivity index (χ1) is 11.6. The van der Waals surface area contributed by atoms with Crippen LogP contribution in [0.3, 0.4) is 0 Å². The predicted molar refractivity (Wildman–Crippen MR) is 91.1 cm³/mol. The summed E-state index contributed by atoms with van der Waals surface area (Å²) < 4.78 is 34.1. The van der Waals surface area contributed by atoms with Crippen LogP contribution in [0, 0.1) is 0 Å². The molecule has 0 bridgehead atoms. The Balaban J connectivity index is 1.64. The smallest absolute Gasteiger partial charge is 0.244 e. The van der Waals surface area contributed by atoms with E-state index in [1.807, 2.05) is 17.6 Å². The average molecular weight is 364 g/mol. The third kappa shape index (κ3) is 3.64. The summed E-state index contributed by atoms with van der Waals surface area (Å²) in [5, 5.41) is 6.77. The number of nitrogens with one attached hydrogen (secondary N) is 1. The molecule has 0 unspecified atom stereocenters. The molecular formula is C15H16N4O3S2. The van der Waals surface area contributed by atoms with Gasteiger partial charge < -0.3 is 4.74 Å². The summed E-state index contributed by atoms with van der Waals surface area (Å²) in [4.78, 5) is 4.57. The van der Waals surface area contributed by atoms with Gasteiger partial charge in [0, 0.05) is 30.7 Å². The van der Waals surface area contributed by atoms with Crippen LogP contribution in [0.15, 0.2) is 53.0 Å². The number of benzene rings is 1. The summed E-state index contributed by atoms with van der Waals surface area (Å²) in [5.74, 6) is 0.319. The Hall–Kier alpha value is -2.23. The molecule has 0 aliphatic rings. The van der Waals surface area contributed by atoms with E-state index >= 15 is 0 Å². The second-order valence-electron chi connectivity index (χ2n) is 4.87. The molecule has 126 valence electrons. The number of nitrogens with zero attached hydrogens (tertiary/aromatic N) is 3. The molecule has 7 nitrogen and oxygen atoms in total. The summed E-state index contributed by atoms with van der Waals surface area (Å²) in [6.45, 7) is 0.253. The van der Waals surface area contributed by atoms with Gasteiger partial charge in [0.05, 0.1) is 12.8 Å². The molecule has 2 heterocycles. The zero-order valence-electron chi connectivity index (χ0n) is 12.9. The number of hydrogen-bond donors (Lipinski definition) is 1. The lowest BCUT2D eigenvalue weighted by Crippen LogP contribution is -2.26. The Bertz CT molecular complexity index is 904. The first-order valence-corrected chi connectivity index (χ1v) is 9.53. The van der Waals surface area contributed by atoms with Gasteiger partial charge in [-0.3, -0.25) is 0 Å². The molecule has 1 N–H and O–H groups in total. The lowest BCUT2D eigenvalue weighted by molar-refractivity contribution is 0.402. The second-order valence-corrected chi connectivity index (χ2v) is 7.44. The van der Waals surface area contributed by atoms with Crippen molar-refractivity contribution in [3.8, 4) is 10.9 Å². The first-order valence-electron chi connectivity index (χ1n) is 7.17. The van der Waals surface area contributed by atoms with Crippen LogP contribution in [0.2, 0.25) is 0 Å². The van der Waals surface area contributed by atoms with Crippen LogP contribution in [-0.2, 0) is 16.4 Å². The Morgan fingerprint density at radius 1 is 1.29 bits per heavy atom. The Morgan fingerprint density at radius 3 is 2.88 bits per heavy atom. The van der Waals surface area contributed by atoms with E-state index in [2.05, 4.69) is 14.8 Å². The molecule has 3 aromatic rings. The number of para-hydroxylation sites is 1. The molecule has 1 aromatic carbocycles. The van der Waals surface area contributed by atoms with Crippen molar-refractivity contribution in [3.05, 3.63) is 53.8 Å². The van der Waals surface area contributed by atoms with E-state index in [1.54, 1.807) is 29.1 Å². The largest absolute Gasteiger partial charge is 0.495 e. The highest BCUT2D eigenvalue weighted by Crippen LogP contribution is 2.22. The van der Waals surface area contributed by atoms with Crippen LogP contribution in [0.5, 0.6) is 5.75 Å². The zero-order chi connectivity index (χ0) is 17.0. The number of ether oxygens (including phenoxy) is 1. The lowest BCUT2D eigenvalue weighted by Gasteiger charge is -2.09. The fraction of sp³-hybridized carbons (Fsp3) is 0.200. The molecule has 2 aromatic heterocycles. The monoisotopic (exact) mass is 364 g/mol. The summed E-state index contributed by atoms with van der Waals surface area (Å²) in [6.07, 6.45) is 3.99. The number of rotatable bonds is 7. The predicted octanol–water partition coefficient (Wildman–Crippen LogP) is 1.86. The van der Waals surface area contributed by atoms with E-state index in [0.29, 0.717) is 12.2 Å². The van der Waals surface area contributed by atoms with E-state index in [1.165, 1.54) is 24.5 Å². The minimum Gasteiger partial charge on any atom is -0.495 e. The third-order valence-corrected chi connectivity index (χ3v) is 5.65. The molecule has 0 spiro atoms. The van der Waals surface area contributed by atoms with Crippen LogP contribution >= 0.6 is 11.3 Å². The standard InChI is InChI=1S/C15H16N4O3S2/c1-22-13-5-2-3-6-14(13)24(20,21)17-9-7-12-11-23-15(18-12)19-10-4-8-16-19/h2-6,8,10-11,17H,7,9H2,1H3. The number of hydrogen-bond acceptors (Lipinski definition) is 6. The van der Waals surface area contributed by atoms with Crippen molar-refractivity contribution in [3.63, 3.8) is 0 Å². The molecule has 0 saturated heterocycles. The molecule has 0 aliphatic heterocycles. The zero-order valence-corrected chi connectivity index (χ0v) is 14.5. The van der Waals surface area contributed by atoms with Crippen LogP contribution in [0.4, 0.5) is 0 Å². The molecule has 0 radical (unpaired) electrons. The molecule has 0 saturated carbocycles. The summed E-state index contributed by atoms with van der Waals surface area (Å²) >= 11 is 1.46. The van der Waals surface area contributed by atoms with Gasteiger partial charge in [0.15, 0.2) is 0 Å². The average Bonchev–Trinajstić information content (AvgIpc) is 3.26. The second kappa shape index (κ2) is 7.12. The number of aromatic nitrogens is 3. The Labute approximate surface area is 144 Å². The van der Waals surface area contributed by atoms with Crippen LogP contribution in [0.25, 0.3) is 5.13 Å². The third-order valence-electron chi connectivity index (χ3n) is 3.27. The van der Waals surface area contributed by atoms with E-state index in [-0.39, 0.29) is 11.4 Å². The van der Waals surface area contributed by atoms with Crippen molar-refractivity contribution >= 4 is 21.4 Å². The van der Waals surface area contributed by atoms with E-state index in [0.717, 1.165) is 10.8 Å². The van der Waals surface area contributed by atoms with Gasteiger partial charge in [-0.05, 0) is 18.2 Å². The molecule has 0 aliphatic carbocycles. The SMILES string of the molecule is COc1ccccc1S(=O)(=O)NCCc1csc(-n2cccn2)n1. The van der Waals surface area contributed by atoms with Crippen LogP contribution in [-0.4, -0.2) is 36.8 Å². The number of methoxy groups -OCH3 is 1. The number of sulfonamides is 1. The van der Waals surface area contributed by atoms with Gasteiger partial charge in [0.25, 0.3) is 0 Å². The molecular weight excluding hydrogens is 348 g/mol. The maximum Gasteiger partial charge on any atom is 0.244 e. The fourth-order valence-corrected chi connectivity index (χ4v) is 4.13. The van der Waals surface area contributed by atoms with Crippen LogP contribution < -0.4 is 9.46 Å². The quantitative estimate of drug-likeness (QED) is 0.691. The molecule has 0 amide bonds. The van der Waals surface area contributed by atoms with Gasteiger partial charge in [-0.1, -0.05) is 12.1 Å². The summed E-state index contributed by atoms with van der Waals surface area (Å²) in [7, 11) is -2.18. The van der Waals surface area contributed by atoms with Gasteiger partial charge >= 0.3 is 0 Å². The first kappa shape index (κ1) is 16.6. The normalized spacial score (nSPS) is 11.5. The van der Waals surface area contributed by atoms with Crippen molar-refractivity contribution in [1.82, 2.24) is 19.5 Å². The van der Waals surface area contributed by atoms with Crippen molar-refractivity contribution < 1.29 is 13.2 Å². The minimum absolute atomic E-state index is 0.128. The summed E-state index contributed by atoms with van der Waals surface area (Å²) in [6, 6.07) is 8.34. The van der Waals surface area contributed by atoms with Crippen molar-refractivity contribution in [2.24, 2.45) is 0 Å². The molecule has 24 heavy (non-hydrogen) atoms. The van der Waals surface area contributed by atoms with Gasteiger partial charge in [0.2, 0.25) is 15.2 Å². The van der Waals surface area contributed by atoms with E-state index < -0.39 is 10.0 Å². The lowest BCUT2D eigenvalue weighted by atomic mass is 10.3. The molecule has 0 fully saturated rings. The van der Waals surface area contributed by atoms with Crippen molar-refractivity contribution in [2.75, 3.05) is 13.7 Å². The maximum absolute atomic E-state index is 12.4. The maximum atomic E-state index is 12.4. The molecule has 9 heteroatoms. The van der Waals surface area contributed by atoms with Crippen molar-refractivity contribution in [1.29, 1.82) is 0 Å². The highest BCUT2D eigenvalue weighted by Gasteiger charge is 2.18.